The summed E-state index contributed by atoms with van der Waals surface area (Å²) in [5.74, 6) is -0.0425. The molecule has 1 heterocycles. The predicted octanol–water partition coefficient (Wildman–Crippen LogP) is 1.34. The van der Waals surface area contributed by atoms with Gasteiger partial charge in [0.15, 0.2) is 0 Å². The molecule has 0 aliphatic carbocycles. The van der Waals surface area contributed by atoms with Gasteiger partial charge in [0.2, 0.25) is 17.7 Å². The molecule has 1 fully saturated rings. The number of carbonyl (C=O) groups excluding carboxylic acids is 3. The molecule has 6 nitrogen and oxygen atoms in total. The fraction of sp³-hybridized carbons (Fsp3) is 0.389. The first-order valence-electron chi connectivity index (χ1n) is 8.01. The number of rotatable bonds is 6. The Morgan fingerprint density at radius 2 is 2.21 bits per heavy atom. The Morgan fingerprint density at radius 1 is 1.42 bits per heavy atom. The first-order valence-corrected chi connectivity index (χ1v) is 8.01. The summed E-state index contributed by atoms with van der Waals surface area (Å²) in [5.41, 5.74) is 1.44. The lowest BCUT2D eigenvalue weighted by Crippen LogP contribution is -2.40. The Balaban J connectivity index is 1.82. The molecule has 0 saturated carbocycles. The van der Waals surface area contributed by atoms with Gasteiger partial charge in [0, 0.05) is 32.2 Å². The van der Waals surface area contributed by atoms with Gasteiger partial charge in [-0.2, -0.15) is 0 Å². The second-order valence-corrected chi connectivity index (χ2v) is 6.05. The number of nitrogens with zero attached hydrogens (tertiary/aromatic N) is 1. The molecular weight excluding hydrogens is 306 g/mol. The van der Waals surface area contributed by atoms with E-state index >= 15 is 0 Å². The minimum absolute atomic E-state index is 0.0893. The maximum absolute atomic E-state index is 12.1. The Bertz CT molecular complexity index is 642. The van der Waals surface area contributed by atoms with Crippen LogP contribution < -0.4 is 10.6 Å². The Morgan fingerprint density at radius 3 is 2.92 bits per heavy atom. The molecule has 0 bridgehead atoms. The Hall–Kier alpha value is -2.63. The molecule has 0 aromatic heterocycles. The first kappa shape index (κ1) is 17.7. The molecule has 0 spiro atoms. The van der Waals surface area contributed by atoms with Crippen LogP contribution in [0.1, 0.15) is 18.4 Å². The summed E-state index contributed by atoms with van der Waals surface area (Å²) >= 11 is 0. The molecule has 3 amide bonds. The Kier molecular flexibility index (Phi) is 6.12. The molecular formula is C18H23N3O3. The van der Waals surface area contributed by atoms with E-state index in [-0.39, 0.29) is 30.1 Å². The van der Waals surface area contributed by atoms with Crippen molar-refractivity contribution in [2.24, 2.45) is 5.92 Å². The number of anilines is 1. The van der Waals surface area contributed by atoms with Crippen LogP contribution in [-0.2, 0) is 20.8 Å². The third kappa shape index (κ3) is 5.22. The van der Waals surface area contributed by atoms with Crippen LogP contribution in [0.3, 0.4) is 0 Å². The summed E-state index contributed by atoms with van der Waals surface area (Å²) in [7, 11) is 1.80. The molecule has 128 valence electrons. The van der Waals surface area contributed by atoms with Crippen molar-refractivity contribution in [1.82, 2.24) is 10.2 Å². The zero-order chi connectivity index (χ0) is 17.5. The van der Waals surface area contributed by atoms with Gasteiger partial charge in [-0.05, 0) is 36.1 Å². The summed E-state index contributed by atoms with van der Waals surface area (Å²) in [4.78, 5) is 36.8. The van der Waals surface area contributed by atoms with E-state index in [1.807, 2.05) is 6.07 Å². The first-order chi connectivity index (χ1) is 11.5. The van der Waals surface area contributed by atoms with Crippen LogP contribution in [0.4, 0.5) is 5.69 Å². The van der Waals surface area contributed by atoms with Crippen molar-refractivity contribution >= 4 is 23.4 Å². The van der Waals surface area contributed by atoms with Gasteiger partial charge >= 0.3 is 0 Å². The standard InChI is InChI=1S/C18H23N3O3/c1-3-16(22)20-15-6-4-5-13(9-15)10-17(23)19-12-14-7-8-21(2)18(24)11-14/h3-6,9,14H,1,7-8,10-12H2,2H3,(H,19,23)(H,20,22). The van der Waals surface area contributed by atoms with E-state index in [1.165, 1.54) is 6.08 Å². The molecule has 1 aromatic carbocycles. The van der Waals surface area contributed by atoms with Gasteiger partial charge in [-0.15, -0.1) is 0 Å². The van der Waals surface area contributed by atoms with Crippen LogP contribution in [-0.4, -0.2) is 42.8 Å². The third-order valence-electron chi connectivity index (χ3n) is 4.09. The molecule has 1 aromatic rings. The lowest BCUT2D eigenvalue weighted by molar-refractivity contribution is -0.133. The summed E-state index contributed by atoms with van der Waals surface area (Å²) < 4.78 is 0. The number of piperidine rings is 1. The number of carbonyl (C=O) groups is 3. The Labute approximate surface area is 141 Å². The summed E-state index contributed by atoms with van der Waals surface area (Å²) in [5, 5.41) is 5.56. The average molecular weight is 329 g/mol. The molecule has 1 aliphatic rings. The summed E-state index contributed by atoms with van der Waals surface area (Å²) in [6.07, 6.45) is 2.83. The van der Waals surface area contributed by atoms with Crippen molar-refractivity contribution in [2.45, 2.75) is 19.3 Å². The fourth-order valence-electron chi connectivity index (χ4n) is 2.64. The van der Waals surface area contributed by atoms with Crippen LogP contribution in [0.2, 0.25) is 0 Å². The van der Waals surface area contributed by atoms with E-state index < -0.39 is 0 Å². The second-order valence-electron chi connectivity index (χ2n) is 6.05. The highest BCUT2D eigenvalue weighted by molar-refractivity contribution is 5.98. The maximum Gasteiger partial charge on any atom is 0.247 e. The van der Waals surface area contributed by atoms with Gasteiger partial charge in [-0.3, -0.25) is 14.4 Å². The maximum atomic E-state index is 12.1. The highest BCUT2D eigenvalue weighted by atomic mass is 16.2. The summed E-state index contributed by atoms with van der Waals surface area (Å²) in [6, 6.07) is 7.15. The van der Waals surface area contributed by atoms with E-state index in [4.69, 9.17) is 0 Å². The zero-order valence-electron chi connectivity index (χ0n) is 13.9. The van der Waals surface area contributed by atoms with E-state index in [2.05, 4.69) is 17.2 Å². The molecule has 1 unspecified atom stereocenters. The van der Waals surface area contributed by atoms with E-state index in [9.17, 15) is 14.4 Å². The van der Waals surface area contributed by atoms with Crippen molar-refractivity contribution in [3.63, 3.8) is 0 Å². The molecule has 2 N–H and O–H groups in total. The van der Waals surface area contributed by atoms with Gasteiger partial charge in [-0.1, -0.05) is 18.7 Å². The van der Waals surface area contributed by atoms with Crippen molar-refractivity contribution in [1.29, 1.82) is 0 Å². The van der Waals surface area contributed by atoms with E-state index in [0.717, 1.165) is 18.5 Å². The molecule has 1 aliphatic heterocycles. The number of likely N-dealkylation sites (tertiary alicyclic amines) is 1. The monoisotopic (exact) mass is 329 g/mol. The lowest BCUT2D eigenvalue weighted by Gasteiger charge is -2.28. The average Bonchev–Trinajstić information content (AvgIpc) is 2.56. The molecule has 2 rings (SSSR count). The van der Waals surface area contributed by atoms with Crippen molar-refractivity contribution < 1.29 is 14.4 Å². The quantitative estimate of drug-likeness (QED) is 0.773. The normalized spacial score (nSPS) is 17.3. The predicted molar refractivity (Wildman–Crippen MR) is 92.3 cm³/mol. The molecule has 1 saturated heterocycles. The smallest absolute Gasteiger partial charge is 0.247 e. The van der Waals surface area contributed by atoms with Gasteiger partial charge < -0.3 is 15.5 Å². The van der Waals surface area contributed by atoms with Crippen LogP contribution in [0.15, 0.2) is 36.9 Å². The lowest BCUT2D eigenvalue weighted by atomic mass is 9.96. The van der Waals surface area contributed by atoms with Crippen LogP contribution in [0.5, 0.6) is 0 Å². The topological polar surface area (TPSA) is 78.5 Å². The number of benzene rings is 1. The largest absolute Gasteiger partial charge is 0.356 e. The fourth-order valence-corrected chi connectivity index (χ4v) is 2.64. The number of hydrogen-bond donors (Lipinski definition) is 2. The minimum atomic E-state index is -0.288. The molecule has 24 heavy (non-hydrogen) atoms. The van der Waals surface area contributed by atoms with Gasteiger partial charge in [0.25, 0.3) is 0 Å². The van der Waals surface area contributed by atoms with Crippen LogP contribution in [0, 0.1) is 5.92 Å². The van der Waals surface area contributed by atoms with Crippen molar-refractivity contribution in [2.75, 3.05) is 25.5 Å². The van der Waals surface area contributed by atoms with Gasteiger partial charge in [0.05, 0.1) is 6.42 Å². The van der Waals surface area contributed by atoms with E-state index in [1.54, 1.807) is 30.1 Å². The summed E-state index contributed by atoms with van der Waals surface area (Å²) in [6.45, 7) is 4.66. The zero-order valence-corrected chi connectivity index (χ0v) is 13.9. The third-order valence-corrected chi connectivity index (χ3v) is 4.09. The number of nitrogens with one attached hydrogen (secondary N) is 2. The van der Waals surface area contributed by atoms with Gasteiger partial charge in [-0.25, -0.2) is 0 Å². The minimum Gasteiger partial charge on any atom is -0.356 e. The van der Waals surface area contributed by atoms with Gasteiger partial charge in [0.1, 0.15) is 0 Å². The highest BCUT2D eigenvalue weighted by Gasteiger charge is 2.23. The SMILES string of the molecule is C=CC(=O)Nc1cccc(CC(=O)NCC2CCN(C)C(=O)C2)c1. The van der Waals surface area contributed by atoms with Crippen LogP contribution >= 0.6 is 0 Å². The molecule has 6 heteroatoms. The van der Waals surface area contributed by atoms with Crippen molar-refractivity contribution in [3.8, 4) is 0 Å². The second kappa shape index (κ2) is 8.29. The number of hydrogen-bond acceptors (Lipinski definition) is 3. The number of amides is 3. The van der Waals surface area contributed by atoms with Crippen LogP contribution in [0.25, 0.3) is 0 Å². The molecule has 1 atom stereocenters. The van der Waals surface area contributed by atoms with E-state index in [0.29, 0.717) is 18.7 Å². The molecule has 0 radical (unpaired) electrons. The van der Waals surface area contributed by atoms with Crippen molar-refractivity contribution in [3.05, 3.63) is 42.5 Å². The highest BCUT2D eigenvalue weighted by Crippen LogP contribution is 2.16.